The summed E-state index contributed by atoms with van der Waals surface area (Å²) in [6, 6.07) is 5.54. The molecule has 0 unspecified atom stereocenters. The van der Waals surface area contributed by atoms with E-state index in [1.165, 1.54) is 0 Å². The fraction of sp³-hybridized carbons (Fsp3) is 0.650. The van der Waals surface area contributed by atoms with Gasteiger partial charge in [0.05, 0.1) is 0 Å². The first-order valence-corrected chi connectivity index (χ1v) is 11.6. The molecular weight excluding hydrogens is 384 g/mol. The van der Waals surface area contributed by atoms with E-state index in [2.05, 4.69) is 4.52 Å². The van der Waals surface area contributed by atoms with Gasteiger partial charge < -0.3 is 14.7 Å². The number of carbonyl (C=O) groups excluding carboxylic acids is 1. The van der Waals surface area contributed by atoms with Crippen LogP contribution in [0.15, 0.2) is 18.2 Å². The maximum atomic E-state index is 13.7. The van der Waals surface area contributed by atoms with Crippen molar-refractivity contribution in [3.05, 3.63) is 35.1 Å². The van der Waals surface area contributed by atoms with Gasteiger partial charge in [-0.2, -0.15) is 0 Å². The van der Waals surface area contributed by atoms with E-state index in [1.54, 1.807) is 11.0 Å². The van der Waals surface area contributed by atoms with E-state index >= 15 is 0 Å². The van der Waals surface area contributed by atoms with Crippen LogP contribution in [0.3, 0.4) is 0 Å². The summed E-state index contributed by atoms with van der Waals surface area (Å²) in [5, 5.41) is 0. The zero-order valence-corrected chi connectivity index (χ0v) is 17.4. The highest BCUT2D eigenvalue weighted by atomic mass is 31.2. The number of rotatable bonds is 12. The molecule has 0 saturated carbocycles. The minimum Gasteiger partial charge on any atom is -0.337 e. The number of likely N-dealkylation sites (tertiary alicyclic amines) is 1. The lowest BCUT2D eigenvalue weighted by Gasteiger charge is -2.38. The standard InChI is InChI=1S/C20H31FNO5P/c1-2-17-12-11-16(13-19(17)21)9-7-5-3-4-6-8-10-20(23)22-14-18(15-22)27-28(24,25)26/h11-13,18H,2-10,14-15H2,1H3,(H2,24,25,26). The summed E-state index contributed by atoms with van der Waals surface area (Å²) in [5.74, 6) is -0.0883. The van der Waals surface area contributed by atoms with E-state index < -0.39 is 13.9 Å². The summed E-state index contributed by atoms with van der Waals surface area (Å²) in [6.07, 6.45) is 7.64. The van der Waals surface area contributed by atoms with Crippen molar-refractivity contribution in [2.24, 2.45) is 0 Å². The molecule has 8 heteroatoms. The maximum Gasteiger partial charge on any atom is 0.469 e. The fourth-order valence-electron chi connectivity index (χ4n) is 3.41. The predicted molar refractivity (Wildman–Crippen MR) is 105 cm³/mol. The molecule has 0 bridgehead atoms. The number of amides is 1. The van der Waals surface area contributed by atoms with E-state index in [9.17, 15) is 13.8 Å². The number of nitrogens with zero attached hydrogens (tertiary/aromatic N) is 1. The molecule has 1 aliphatic heterocycles. The van der Waals surface area contributed by atoms with Gasteiger partial charge in [-0.05, 0) is 42.9 Å². The average Bonchev–Trinajstić information content (AvgIpc) is 2.59. The van der Waals surface area contributed by atoms with E-state index in [4.69, 9.17) is 9.79 Å². The molecule has 1 aliphatic rings. The molecule has 6 nitrogen and oxygen atoms in total. The molecule has 1 amide bonds. The van der Waals surface area contributed by atoms with Gasteiger partial charge in [-0.15, -0.1) is 0 Å². The lowest BCUT2D eigenvalue weighted by molar-refractivity contribution is -0.140. The number of phosphoric acid groups is 1. The molecule has 158 valence electrons. The minimum absolute atomic E-state index is 0.0168. The molecule has 0 aromatic heterocycles. The van der Waals surface area contributed by atoms with Crippen LogP contribution in [0.25, 0.3) is 0 Å². The number of hydrogen-bond donors (Lipinski definition) is 2. The molecule has 0 aliphatic carbocycles. The highest BCUT2D eigenvalue weighted by molar-refractivity contribution is 7.46. The van der Waals surface area contributed by atoms with E-state index in [0.29, 0.717) is 12.8 Å². The molecule has 28 heavy (non-hydrogen) atoms. The number of carbonyl (C=O) groups is 1. The monoisotopic (exact) mass is 415 g/mol. The third kappa shape index (κ3) is 8.00. The summed E-state index contributed by atoms with van der Waals surface area (Å²) < 4.78 is 29.0. The second-order valence-corrected chi connectivity index (χ2v) is 8.61. The van der Waals surface area contributed by atoms with E-state index in [-0.39, 0.29) is 24.8 Å². The topological polar surface area (TPSA) is 87.1 Å². The average molecular weight is 415 g/mol. The molecule has 1 saturated heterocycles. The number of hydrogen-bond acceptors (Lipinski definition) is 3. The molecule has 1 aromatic carbocycles. The van der Waals surface area contributed by atoms with Gasteiger partial charge in [-0.3, -0.25) is 9.32 Å². The number of unbranched alkanes of at least 4 members (excludes halogenated alkanes) is 5. The second kappa shape index (κ2) is 11.1. The van der Waals surface area contributed by atoms with Gasteiger partial charge in [0.2, 0.25) is 5.91 Å². The van der Waals surface area contributed by atoms with Gasteiger partial charge in [0.1, 0.15) is 11.9 Å². The van der Waals surface area contributed by atoms with Gasteiger partial charge in [0, 0.05) is 19.5 Å². The molecule has 1 heterocycles. The SMILES string of the molecule is CCc1ccc(CCCCCCCCC(=O)N2CC(OP(=O)(O)O)C2)cc1F. The van der Waals surface area contributed by atoms with Gasteiger partial charge in [0.25, 0.3) is 0 Å². The van der Waals surface area contributed by atoms with Crippen molar-refractivity contribution < 1.29 is 28.1 Å². The third-order valence-corrected chi connectivity index (χ3v) is 5.66. The molecule has 1 aromatic rings. The Morgan fingerprint density at radius 1 is 1.18 bits per heavy atom. The van der Waals surface area contributed by atoms with Crippen LogP contribution >= 0.6 is 7.82 Å². The van der Waals surface area contributed by atoms with Gasteiger partial charge in [-0.25, -0.2) is 8.96 Å². The molecule has 1 fully saturated rings. The molecular formula is C20H31FNO5P. The largest absolute Gasteiger partial charge is 0.469 e. The van der Waals surface area contributed by atoms with E-state index in [0.717, 1.165) is 56.1 Å². The number of halogens is 1. The van der Waals surface area contributed by atoms with Crippen molar-refractivity contribution in [3.8, 4) is 0 Å². The first-order valence-electron chi connectivity index (χ1n) is 10.1. The van der Waals surface area contributed by atoms with Crippen LogP contribution in [0.4, 0.5) is 4.39 Å². The third-order valence-electron chi connectivity index (χ3n) is 5.09. The highest BCUT2D eigenvalue weighted by Gasteiger charge is 2.35. The number of phosphoric ester groups is 1. The lowest BCUT2D eigenvalue weighted by Crippen LogP contribution is -2.54. The molecule has 2 rings (SSSR count). The first kappa shape index (κ1) is 23.0. The quantitative estimate of drug-likeness (QED) is 0.398. The highest BCUT2D eigenvalue weighted by Crippen LogP contribution is 2.39. The summed E-state index contributed by atoms with van der Waals surface area (Å²) in [5.41, 5.74) is 1.82. The molecule has 0 radical (unpaired) electrons. The normalized spacial score (nSPS) is 14.9. The van der Waals surface area contributed by atoms with Crippen LogP contribution in [0.2, 0.25) is 0 Å². The van der Waals surface area contributed by atoms with Crippen molar-refractivity contribution in [2.45, 2.75) is 70.8 Å². The Morgan fingerprint density at radius 3 is 2.43 bits per heavy atom. The minimum atomic E-state index is -4.47. The number of aryl methyl sites for hydroxylation is 2. The van der Waals surface area contributed by atoms with Gasteiger partial charge in [0.15, 0.2) is 0 Å². The molecule has 0 atom stereocenters. The van der Waals surface area contributed by atoms with Crippen LogP contribution in [0.5, 0.6) is 0 Å². The summed E-state index contributed by atoms with van der Waals surface area (Å²) in [4.78, 5) is 30.9. The Balaban J connectivity index is 1.46. The van der Waals surface area contributed by atoms with Crippen molar-refractivity contribution >= 4 is 13.7 Å². The molecule has 2 N–H and O–H groups in total. The Hall–Kier alpha value is -1.27. The Labute approximate surface area is 166 Å². The van der Waals surface area contributed by atoms with Crippen molar-refractivity contribution in [2.75, 3.05) is 13.1 Å². The summed E-state index contributed by atoms with van der Waals surface area (Å²) >= 11 is 0. The van der Waals surface area contributed by atoms with Gasteiger partial charge in [-0.1, -0.05) is 44.7 Å². The van der Waals surface area contributed by atoms with E-state index in [1.807, 2.05) is 19.1 Å². The van der Waals surface area contributed by atoms with Crippen molar-refractivity contribution in [3.63, 3.8) is 0 Å². The zero-order valence-electron chi connectivity index (χ0n) is 16.5. The Kier molecular flexibility index (Phi) is 9.09. The van der Waals surface area contributed by atoms with Crippen LogP contribution in [0.1, 0.15) is 63.0 Å². The number of benzene rings is 1. The molecule has 0 spiro atoms. The van der Waals surface area contributed by atoms with Crippen molar-refractivity contribution in [1.82, 2.24) is 4.90 Å². The second-order valence-electron chi connectivity index (χ2n) is 7.42. The first-order chi connectivity index (χ1) is 13.3. The predicted octanol–water partition coefficient (Wildman–Crippen LogP) is 3.98. The Morgan fingerprint density at radius 2 is 1.82 bits per heavy atom. The smallest absolute Gasteiger partial charge is 0.337 e. The van der Waals surface area contributed by atoms with Gasteiger partial charge >= 0.3 is 7.82 Å². The van der Waals surface area contributed by atoms with Crippen molar-refractivity contribution in [1.29, 1.82) is 0 Å². The summed E-state index contributed by atoms with van der Waals surface area (Å²) in [6.45, 7) is 2.46. The van der Waals surface area contributed by atoms with Crippen LogP contribution in [-0.4, -0.2) is 39.8 Å². The Bertz CT molecular complexity index is 687. The fourth-order valence-corrected chi connectivity index (χ4v) is 3.93. The maximum absolute atomic E-state index is 13.7. The zero-order chi connectivity index (χ0) is 20.6. The van der Waals surface area contributed by atoms with Crippen LogP contribution < -0.4 is 0 Å². The van der Waals surface area contributed by atoms with Crippen LogP contribution in [0, 0.1) is 5.82 Å². The summed E-state index contributed by atoms with van der Waals surface area (Å²) in [7, 11) is -4.47. The lowest BCUT2D eigenvalue weighted by atomic mass is 10.0. The van der Waals surface area contributed by atoms with Crippen LogP contribution in [-0.2, 0) is 26.7 Å².